The first-order valence-electron chi connectivity index (χ1n) is 7.06. The summed E-state index contributed by atoms with van der Waals surface area (Å²) < 4.78 is 19.0. The zero-order valence-electron chi connectivity index (χ0n) is 12.1. The number of ether oxygens (including phenoxy) is 1. The number of halogens is 1. The summed E-state index contributed by atoms with van der Waals surface area (Å²) in [5.41, 5.74) is 2.29. The van der Waals surface area contributed by atoms with Crippen molar-refractivity contribution in [1.29, 1.82) is 0 Å². The number of methoxy groups -OCH3 is 1. The summed E-state index contributed by atoms with van der Waals surface area (Å²) in [7, 11) is 3.78. The average Bonchev–Trinajstić information content (AvgIpc) is 2.36. The van der Waals surface area contributed by atoms with Gasteiger partial charge in [-0.25, -0.2) is 4.39 Å². The van der Waals surface area contributed by atoms with E-state index < -0.39 is 0 Å². The second kappa shape index (κ2) is 6.02. The number of hydrogen-bond donors (Lipinski definition) is 1. The highest BCUT2D eigenvalue weighted by atomic mass is 19.1. The first kappa shape index (κ1) is 14.5. The Kier molecular flexibility index (Phi) is 4.58. The van der Waals surface area contributed by atoms with Crippen molar-refractivity contribution in [3.05, 3.63) is 35.1 Å². The Morgan fingerprint density at radius 2 is 2.16 bits per heavy atom. The lowest BCUT2D eigenvalue weighted by Crippen LogP contribution is -2.45. The number of hydrogen-bond acceptors (Lipinski definition) is 2. The normalized spacial score (nSPS) is 18.9. The second-order valence-corrected chi connectivity index (χ2v) is 5.71. The van der Waals surface area contributed by atoms with Gasteiger partial charge in [0.15, 0.2) is 0 Å². The molecule has 0 spiro atoms. The van der Waals surface area contributed by atoms with E-state index in [1.165, 1.54) is 12.5 Å². The van der Waals surface area contributed by atoms with Gasteiger partial charge in [0.25, 0.3) is 0 Å². The summed E-state index contributed by atoms with van der Waals surface area (Å²) in [4.78, 5) is 0. The van der Waals surface area contributed by atoms with Crippen LogP contribution in [-0.4, -0.2) is 25.8 Å². The molecule has 1 aliphatic carbocycles. The maximum atomic E-state index is 13.3. The Balaban J connectivity index is 2.04. The molecular formula is C16H24FNO. The first-order chi connectivity index (χ1) is 9.08. The molecule has 1 fully saturated rings. The molecule has 1 unspecified atom stereocenters. The van der Waals surface area contributed by atoms with Crippen LogP contribution in [0.25, 0.3) is 0 Å². The average molecular weight is 265 g/mol. The highest BCUT2D eigenvalue weighted by molar-refractivity contribution is 5.27. The molecule has 19 heavy (non-hydrogen) atoms. The summed E-state index contributed by atoms with van der Waals surface area (Å²) in [5.74, 6) is -0.152. The Morgan fingerprint density at radius 3 is 2.68 bits per heavy atom. The number of benzene rings is 1. The van der Waals surface area contributed by atoms with Crippen LogP contribution in [0, 0.1) is 12.7 Å². The predicted molar refractivity (Wildman–Crippen MR) is 75.9 cm³/mol. The SMILES string of the molecule is CNC(Cc1cc(F)ccc1C)CC1(OC)CCC1. The van der Waals surface area contributed by atoms with Crippen LogP contribution in [0.1, 0.15) is 36.8 Å². The van der Waals surface area contributed by atoms with Crippen molar-refractivity contribution in [2.75, 3.05) is 14.2 Å². The summed E-state index contributed by atoms with van der Waals surface area (Å²) in [6.45, 7) is 2.04. The van der Waals surface area contributed by atoms with Crippen LogP contribution >= 0.6 is 0 Å². The molecule has 106 valence electrons. The molecule has 3 heteroatoms. The van der Waals surface area contributed by atoms with E-state index in [2.05, 4.69) is 5.32 Å². The zero-order valence-corrected chi connectivity index (χ0v) is 12.1. The van der Waals surface area contributed by atoms with Gasteiger partial charge in [-0.05, 0) is 69.3 Å². The third kappa shape index (κ3) is 3.34. The maximum Gasteiger partial charge on any atom is 0.123 e. The van der Waals surface area contributed by atoms with Crippen molar-refractivity contribution < 1.29 is 9.13 Å². The van der Waals surface area contributed by atoms with Gasteiger partial charge in [0, 0.05) is 13.2 Å². The lowest BCUT2D eigenvalue weighted by atomic mass is 9.75. The van der Waals surface area contributed by atoms with Crippen LogP contribution in [0.2, 0.25) is 0 Å². The Morgan fingerprint density at radius 1 is 1.42 bits per heavy atom. The van der Waals surface area contributed by atoms with E-state index in [9.17, 15) is 4.39 Å². The Bertz CT molecular complexity index is 423. The van der Waals surface area contributed by atoms with E-state index in [1.807, 2.05) is 20.0 Å². The van der Waals surface area contributed by atoms with Gasteiger partial charge in [-0.3, -0.25) is 0 Å². The van der Waals surface area contributed by atoms with Gasteiger partial charge >= 0.3 is 0 Å². The van der Waals surface area contributed by atoms with Crippen LogP contribution in [0.4, 0.5) is 4.39 Å². The molecule has 0 saturated heterocycles. The lowest BCUT2D eigenvalue weighted by Gasteiger charge is -2.43. The van der Waals surface area contributed by atoms with E-state index in [4.69, 9.17) is 4.74 Å². The van der Waals surface area contributed by atoms with E-state index in [1.54, 1.807) is 13.2 Å². The maximum absolute atomic E-state index is 13.3. The smallest absolute Gasteiger partial charge is 0.123 e. The van der Waals surface area contributed by atoms with Gasteiger partial charge in [0.1, 0.15) is 5.82 Å². The van der Waals surface area contributed by atoms with Crippen molar-refractivity contribution in [3.63, 3.8) is 0 Å². The minimum atomic E-state index is -0.152. The number of nitrogens with one attached hydrogen (secondary N) is 1. The van der Waals surface area contributed by atoms with Gasteiger partial charge < -0.3 is 10.1 Å². The molecule has 0 aliphatic heterocycles. The van der Waals surface area contributed by atoms with Gasteiger partial charge in [0.05, 0.1) is 5.60 Å². The second-order valence-electron chi connectivity index (χ2n) is 5.71. The number of aryl methyl sites for hydroxylation is 1. The fraction of sp³-hybridized carbons (Fsp3) is 0.625. The topological polar surface area (TPSA) is 21.3 Å². The van der Waals surface area contributed by atoms with Crippen LogP contribution in [0.3, 0.4) is 0 Å². The predicted octanol–water partition coefficient (Wildman–Crippen LogP) is 3.22. The monoisotopic (exact) mass is 265 g/mol. The quantitative estimate of drug-likeness (QED) is 0.852. The fourth-order valence-corrected chi connectivity index (χ4v) is 2.91. The third-order valence-corrected chi connectivity index (χ3v) is 4.50. The third-order valence-electron chi connectivity index (χ3n) is 4.50. The highest BCUT2D eigenvalue weighted by Gasteiger charge is 2.38. The number of rotatable bonds is 6. The van der Waals surface area contributed by atoms with Crippen molar-refractivity contribution in [2.24, 2.45) is 0 Å². The van der Waals surface area contributed by atoms with E-state index >= 15 is 0 Å². The van der Waals surface area contributed by atoms with Gasteiger partial charge in [0.2, 0.25) is 0 Å². The van der Waals surface area contributed by atoms with Gasteiger partial charge in [-0.2, -0.15) is 0 Å². The molecule has 1 saturated carbocycles. The van der Waals surface area contributed by atoms with Gasteiger partial charge in [-0.1, -0.05) is 6.07 Å². The van der Waals surface area contributed by atoms with E-state index in [0.717, 1.165) is 36.8 Å². The molecule has 2 rings (SSSR count). The molecule has 0 heterocycles. The molecule has 1 aromatic carbocycles. The minimum absolute atomic E-state index is 0.0505. The Labute approximate surface area is 115 Å². The van der Waals surface area contributed by atoms with Crippen molar-refractivity contribution in [3.8, 4) is 0 Å². The molecule has 1 N–H and O–H groups in total. The molecule has 0 aromatic heterocycles. The molecule has 0 bridgehead atoms. The highest BCUT2D eigenvalue weighted by Crippen LogP contribution is 2.39. The molecular weight excluding hydrogens is 241 g/mol. The molecule has 1 atom stereocenters. The van der Waals surface area contributed by atoms with E-state index in [-0.39, 0.29) is 11.4 Å². The first-order valence-corrected chi connectivity index (χ1v) is 7.06. The summed E-state index contributed by atoms with van der Waals surface area (Å²) in [6, 6.07) is 5.36. The fourth-order valence-electron chi connectivity index (χ4n) is 2.91. The summed E-state index contributed by atoms with van der Waals surface area (Å²) in [5, 5.41) is 3.35. The van der Waals surface area contributed by atoms with Crippen molar-refractivity contribution >= 4 is 0 Å². The van der Waals surface area contributed by atoms with Crippen LogP contribution in [0.15, 0.2) is 18.2 Å². The van der Waals surface area contributed by atoms with Crippen molar-refractivity contribution in [1.82, 2.24) is 5.32 Å². The van der Waals surface area contributed by atoms with Crippen LogP contribution < -0.4 is 5.32 Å². The molecule has 1 aliphatic rings. The standard InChI is InChI=1S/C16H24FNO/c1-12-5-6-14(17)9-13(12)10-15(18-2)11-16(19-3)7-4-8-16/h5-6,9,15,18H,4,7-8,10-11H2,1-3H3. The van der Waals surface area contributed by atoms with Crippen LogP contribution in [-0.2, 0) is 11.2 Å². The summed E-state index contributed by atoms with van der Waals surface area (Å²) >= 11 is 0. The van der Waals surface area contributed by atoms with Gasteiger partial charge in [-0.15, -0.1) is 0 Å². The minimum Gasteiger partial charge on any atom is -0.378 e. The largest absolute Gasteiger partial charge is 0.378 e. The zero-order chi connectivity index (χ0) is 13.9. The Hall–Kier alpha value is -0.930. The lowest BCUT2D eigenvalue weighted by molar-refractivity contribution is -0.0830. The van der Waals surface area contributed by atoms with Crippen LogP contribution in [0.5, 0.6) is 0 Å². The molecule has 0 amide bonds. The van der Waals surface area contributed by atoms with Crippen molar-refractivity contribution in [2.45, 2.75) is 50.7 Å². The molecule has 0 radical (unpaired) electrons. The number of likely N-dealkylation sites (N-methyl/N-ethyl adjacent to an activating group) is 1. The van der Waals surface area contributed by atoms with E-state index in [0.29, 0.717) is 6.04 Å². The molecule has 1 aromatic rings. The molecule has 2 nitrogen and oxygen atoms in total. The summed E-state index contributed by atoms with van der Waals surface area (Å²) in [6.07, 6.45) is 5.39.